The van der Waals surface area contributed by atoms with Gasteiger partial charge in [-0.2, -0.15) is 0 Å². The molecule has 5 heteroatoms. The van der Waals surface area contributed by atoms with Crippen LogP contribution in [0.1, 0.15) is 36.8 Å². The van der Waals surface area contributed by atoms with Crippen molar-refractivity contribution in [3.63, 3.8) is 0 Å². The van der Waals surface area contributed by atoms with Crippen molar-refractivity contribution in [1.29, 1.82) is 0 Å². The Hall–Kier alpha value is -2.07. The number of nitrogens with zero attached hydrogens (tertiary/aromatic N) is 2. The first-order valence-corrected chi connectivity index (χ1v) is 11.2. The van der Waals surface area contributed by atoms with Crippen LogP contribution in [0.15, 0.2) is 60.9 Å². The maximum absolute atomic E-state index is 6.44. The third-order valence-electron chi connectivity index (χ3n) is 6.19. The van der Waals surface area contributed by atoms with E-state index in [0.29, 0.717) is 11.1 Å². The standard InChI is InChI=1S/C25H24Cl2N2O/c1-29(16-17-14-18(26)6-9-23(17)27)25(11-12-25)22-15-28-13-10-20(22)21-4-2-3-5-24(21)30-19-7-8-19/h2-6,9-10,13-15,19H,7-8,11-12,16H2,1H3. The molecule has 2 aliphatic rings. The maximum atomic E-state index is 6.44. The molecule has 1 heterocycles. The van der Waals surface area contributed by atoms with E-state index in [4.69, 9.17) is 27.9 Å². The second-order valence-electron chi connectivity index (χ2n) is 8.36. The third kappa shape index (κ3) is 3.82. The van der Waals surface area contributed by atoms with E-state index >= 15 is 0 Å². The van der Waals surface area contributed by atoms with E-state index in [1.165, 1.54) is 11.1 Å². The summed E-state index contributed by atoms with van der Waals surface area (Å²) in [4.78, 5) is 6.87. The van der Waals surface area contributed by atoms with Crippen LogP contribution in [0.5, 0.6) is 5.75 Å². The van der Waals surface area contributed by atoms with Crippen molar-refractivity contribution in [2.24, 2.45) is 0 Å². The van der Waals surface area contributed by atoms with Crippen molar-refractivity contribution < 1.29 is 4.74 Å². The van der Waals surface area contributed by atoms with Crippen molar-refractivity contribution in [1.82, 2.24) is 9.88 Å². The number of halogens is 2. The van der Waals surface area contributed by atoms with Gasteiger partial charge in [0.05, 0.1) is 6.10 Å². The summed E-state index contributed by atoms with van der Waals surface area (Å²) < 4.78 is 6.22. The molecule has 2 fully saturated rings. The maximum Gasteiger partial charge on any atom is 0.127 e. The molecule has 1 aromatic heterocycles. The number of benzene rings is 2. The second kappa shape index (κ2) is 7.88. The predicted octanol–water partition coefficient (Wildman–Crippen LogP) is 6.72. The molecule has 0 bridgehead atoms. The van der Waals surface area contributed by atoms with Gasteiger partial charge in [-0.1, -0.05) is 41.4 Å². The number of aromatic nitrogens is 1. The number of ether oxygens (including phenoxy) is 1. The first-order valence-electron chi connectivity index (χ1n) is 10.4. The van der Waals surface area contributed by atoms with E-state index in [1.807, 2.05) is 36.7 Å². The van der Waals surface area contributed by atoms with Gasteiger partial charge in [0.2, 0.25) is 0 Å². The summed E-state index contributed by atoms with van der Waals surface area (Å²) in [6.07, 6.45) is 8.72. The largest absolute Gasteiger partial charge is 0.490 e. The number of para-hydroxylation sites is 1. The normalized spacial score (nSPS) is 17.2. The van der Waals surface area contributed by atoms with E-state index in [-0.39, 0.29) is 5.54 Å². The number of rotatable bonds is 7. The van der Waals surface area contributed by atoms with Crippen LogP contribution in [0, 0.1) is 0 Å². The summed E-state index contributed by atoms with van der Waals surface area (Å²) in [5.41, 5.74) is 4.57. The number of pyridine rings is 1. The second-order valence-corrected chi connectivity index (χ2v) is 9.20. The fourth-order valence-corrected chi connectivity index (χ4v) is 4.58. The minimum Gasteiger partial charge on any atom is -0.490 e. The van der Waals surface area contributed by atoms with E-state index in [0.717, 1.165) is 54.1 Å². The van der Waals surface area contributed by atoms with Crippen LogP contribution >= 0.6 is 23.2 Å². The monoisotopic (exact) mass is 438 g/mol. The molecule has 5 rings (SSSR count). The zero-order valence-electron chi connectivity index (χ0n) is 16.9. The Morgan fingerprint density at radius 1 is 1.07 bits per heavy atom. The summed E-state index contributed by atoms with van der Waals surface area (Å²) in [6, 6.07) is 16.1. The van der Waals surface area contributed by atoms with Crippen molar-refractivity contribution in [3.8, 4) is 16.9 Å². The van der Waals surface area contributed by atoms with Gasteiger partial charge >= 0.3 is 0 Å². The molecule has 0 spiro atoms. The van der Waals surface area contributed by atoms with E-state index in [1.54, 1.807) is 0 Å². The average molecular weight is 439 g/mol. The molecule has 2 aliphatic carbocycles. The lowest BCUT2D eigenvalue weighted by Gasteiger charge is -2.30. The minimum atomic E-state index is -0.0536. The lowest BCUT2D eigenvalue weighted by Crippen LogP contribution is -2.32. The quantitative estimate of drug-likeness (QED) is 0.409. The zero-order valence-corrected chi connectivity index (χ0v) is 18.5. The van der Waals surface area contributed by atoms with Crippen LogP contribution in [0.2, 0.25) is 10.0 Å². The molecule has 2 aromatic carbocycles. The van der Waals surface area contributed by atoms with Crippen LogP contribution in [0.25, 0.3) is 11.1 Å². The lowest BCUT2D eigenvalue weighted by atomic mass is 9.93. The summed E-state index contributed by atoms with van der Waals surface area (Å²) >= 11 is 12.7. The van der Waals surface area contributed by atoms with Gasteiger partial charge in [0, 0.05) is 40.1 Å². The summed E-state index contributed by atoms with van der Waals surface area (Å²) in [6.45, 7) is 0.730. The molecule has 0 aliphatic heterocycles. The van der Waals surface area contributed by atoms with Crippen LogP contribution in [0.4, 0.5) is 0 Å². The highest BCUT2D eigenvalue weighted by Crippen LogP contribution is 2.54. The van der Waals surface area contributed by atoms with Crippen LogP contribution < -0.4 is 4.74 Å². The van der Waals surface area contributed by atoms with Gasteiger partial charge in [0.25, 0.3) is 0 Å². The first-order chi connectivity index (χ1) is 14.6. The van der Waals surface area contributed by atoms with Gasteiger partial charge < -0.3 is 4.74 Å². The minimum absolute atomic E-state index is 0.0536. The molecular weight excluding hydrogens is 415 g/mol. The fourth-order valence-electron chi connectivity index (χ4n) is 4.20. The van der Waals surface area contributed by atoms with Gasteiger partial charge in [-0.05, 0) is 79.8 Å². The molecule has 3 nitrogen and oxygen atoms in total. The van der Waals surface area contributed by atoms with Crippen molar-refractivity contribution in [3.05, 3.63) is 82.1 Å². The molecule has 0 N–H and O–H groups in total. The molecule has 0 unspecified atom stereocenters. The highest BCUT2D eigenvalue weighted by atomic mass is 35.5. The summed E-state index contributed by atoms with van der Waals surface area (Å²) in [5.74, 6) is 0.962. The molecule has 30 heavy (non-hydrogen) atoms. The van der Waals surface area contributed by atoms with Gasteiger partial charge in [-0.25, -0.2) is 0 Å². The molecule has 3 aromatic rings. The highest BCUT2D eigenvalue weighted by Gasteiger charge is 2.49. The van der Waals surface area contributed by atoms with Crippen LogP contribution in [-0.4, -0.2) is 23.0 Å². The van der Waals surface area contributed by atoms with Crippen LogP contribution in [-0.2, 0) is 12.1 Å². The number of hydrogen-bond donors (Lipinski definition) is 0. The Morgan fingerprint density at radius 2 is 1.87 bits per heavy atom. The summed E-state index contributed by atoms with van der Waals surface area (Å²) in [5, 5.41) is 1.46. The Kier molecular flexibility index (Phi) is 5.22. The van der Waals surface area contributed by atoms with Crippen LogP contribution in [0.3, 0.4) is 0 Å². The third-order valence-corrected chi connectivity index (χ3v) is 6.79. The Balaban J connectivity index is 1.50. The summed E-state index contributed by atoms with van der Waals surface area (Å²) in [7, 11) is 2.16. The predicted molar refractivity (Wildman–Crippen MR) is 122 cm³/mol. The Labute approximate surface area is 187 Å². The molecule has 0 saturated heterocycles. The van der Waals surface area contributed by atoms with Gasteiger partial charge in [0.15, 0.2) is 0 Å². The van der Waals surface area contributed by atoms with Gasteiger partial charge in [0.1, 0.15) is 5.75 Å². The highest BCUT2D eigenvalue weighted by molar-refractivity contribution is 6.33. The molecule has 2 saturated carbocycles. The molecule has 0 radical (unpaired) electrons. The average Bonchev–Trinajstić information content (AvgIpc) is 3.67. The zero-order chi connectivity index (χ0) is 20.7. The van der Waals surface area contributed by atoms with Crippen molar-refractivity contribution in [2.45, 2.75) is 43.9 Å². The van der Waals surface area contributed by atoms with Gasteiger partial charge in [-0.15, -0.1) is 0 Å². The molecule has 154 valence electrons. The van der Waals surface area contributed by atoms with Gasteiger partial charge in [-0.3, -0.25) is 9.88 Å². The van der Waals surface area contributed by atoms with E-state index in [9.17, 15) is 0 Å². The fraction of sp³-hybridized carbons (Fsp3) is 0.320. The smallest absolute Gasteiger partial charge is 0.127 e. The molecule has 0 amide bonds. The molecular formula is C25H24Cl2N2O. The van der Waals surface area contributed by atoms with E-state index in [2.05, 4.69) is 41.2 Å². The SMILES string of the molecule is CN(Cc1cc(Cl)ccc1Cl)C1(c2cnccc2-c2ccccc2OC2CC2)CC1. The topological polar surface area (TPSA) is 25.4 Å². The molecule has 0 atom stereocenters. The number of hydrogen-bond acceptors (Lipinski definition) is 3. The van der Waals surface area contributed by atoms with E-state index < -0.39 is 0 Å². The van der Waals surface area contributed by atoms with Crippen molar-refractivity contribution >= 4 is 23.2 Å². The lowest BCUT2D eigenvalue weighted by molar-refractivity contribution is 0.214. The Bertz CT molecular complexity index is 1080. The Morgan fingerprint density at radius 3 is 2.63 bits per heavy atom. The first kappa shape index (κ1) is 19.9. The van der Waals surface area contributed by atoms with Crippen molar-refractivity contribution in [2.75, 3.05) is 7.05 Å².